The van der Waals surface area contributed by atoms with Crippen molar-refractivity contribution < 1.29 is 4.79 Å². The summed E-state index contributed by atoms with van der Waals surface area (Å²) in [6.45, 7) is 0.247. The largest absolute Gasteiger partial charge is 0.396 e. The second-order valence-corrected chi connectivity index (χ2v) is 3.46. The van der Waals surface area contributed by atoms with Crippen molar-refractivity contribution in [1.29, 1.82) is 0 Å². The van der Waals surface area contributed by atoms with Crippen molar-refractivity contribution in [3.8, 4) is 0 Å². The minimum atomic E-state index is -0.00192. The van der Waals surface area contributed by atoms with Crippen LogP contribution in [0.15, 0.2) is 12.4 Å². The highest BCUT2D eigenvalue weighted by Gasteiger charge is 2.10. The molecule has 0 aromatic carbocycles. The third-order valence-electron chi connectivity index (χ3n) is 1.87. The van der Waals surface area contributed by atoms with Gasteiger partial charge in [-0.25, -0.2) is 9.97 Å². The first kappa shape index (κ1) is 11.2. The Morgan fingerprint density at radius 1 is 1.33 bits per heavy atom. The number of hydrogen-bond acceptors (Lipinski definition) is 5. The van der Waals surface area contributed by atoms with E-state index in [1.807, 2.05) is 0 Å². The number of likely N-dealkylation sites (N-methyl/N-ethyl adjacent to an activating group) is 2. The van der Waals surface area contributed by atoms with Crippen LogP contribution in [-0.2, 0) is 4.79 Å². The second kappa shape index (κ2) is 4.59. The number of nitrogens with zero attached hydrogens (tertiary/aromatic N) is 4. The Hall–Kier alpha value is -1.85. The van der Waals surface area contributed by atoms with Crippen LogP contribution in [0.25, 0.3) is 0 Å². The van der Waals surface area contributed by atoms with Gasteiger partial charge in [0.2, 0.25) is 11.9 Å². The van der Waals surface area contributed by atoms with Gasteiger partial charge in [-0.2, -0.15) is 0 Å². The van der Waals surface area contributed by atoms with Gasteiger partial charge in [-0.1, -0.05) is 0 Å². The van der Waals surface area contributed by atoms with E-state index in [2.05, 4.69) is 9.97 Å². The lowest BCUT2D eigenvalue weighted by atomic mass is 10.5. The SMILES string of the molecule is CN(C)C(=O)CN(C)c1ncc(N)cn1. The molecule has 0 unspecified atom stereocenters. The first-order chi connectivity index (χ1) is 7.00. The molecule has 82 valence electrons. The number of nitrogens with two attached hydrogens (primary N) is 1. The van der Waals surface area contributed by atoms with Crippen LogP contribution >= 0.6 is 0 Å². The summed E-state index contributed by atoms with van der Waals surface area (Å²) >= 11 is 0. The molecule has 0 fully saturated rings. The van der Waals surface area contributed by atoms with Crippen LogP contribution in [0.3, 0.4) is 0 Å². The monoisotopic (exact) mass is 209 g/mol. The minimum absolute atomic E-state index is 0.00192. The van der Waals surface area contributed by atoms with Crippen molar-refractivity contribution in [1.82, 2.24) is 14.9 Å². The molecule has 0 saturated carbocycles. The van der Waals surface area contributed by atoms with Gasteiger partial charge in [0.05, 0.1) is 24.6 Å². The quantitative estimate of drug-likeness (QED) is 0.732. The maximum Gasteiger partial charge on any atom is 0.241 e. The Bertz CT molecular complexity index is 335. The molecule has 1 rings (SSSR count). The maximum absolute atomic E-state index is 11.4. The van der Waals surface area contributed by atoms with E-state index in [1.165, 1.54) is 17.3 Å². The summed E-state index contributed by atoms with van der Waals surface area (Å²) in [5.41, 5.74) is 5.96. The predicted molar refractivity (Wildman–Crippen MR) is 58.4 cm³/mol. The molecule has 1 aromatic heterocycles. The minimum Gasteiger partial charge on any atom is -0.396 e. The first-order valence-electron chi connectivity index (χ1n) is 4.49. The van der Waals surface area contributed by atoms with E-state index in [1.54, 1.807) is 26.0 Å². The van der Waals surface area contributed by atoms with E-state index >= 15 is 0 Å². The summed E-state index contributed by atoms with van der Waals surface area (Å²) in [7, 11) is 5.17. The number of aromatic nitrogens is 2. The zero-order valence-electron chi connectivity index (χ0n) is 9.14. The molecule has 0 aliphatic heterocycles. The Morgan fingerprint density at radius 2 is 1.87 bits per heavy atom. The van der Waals surface area contributed by atoms with Crippen LogP contribution in [0.4, 0.5) is 11.6 Å². The zero-order chi connectivity index (χ0) is 11.4. The van der Waals surface area contributed by atoms with Crippen molar-refractivity contribution in [2.75, 3.05) is 38.3 Å². The molecule has 1 heterocycles. The summed E-state index contributed by atoms with van der Waals surface area (Å²) in [6, 6.07) is 0. The van der Waals surface area contributed by atoms with Crippen molar-refractivity contribution in [2.24, 2.45) is 0 Å². The number of amides is 1. The standard InChI is InChI=1S/C9H15N5O/c1-13(2)8(15)6-14(3)9-11-4-7(10)5-12-9/h4-5H,6,10H2,1-3H3. The van der Waals surface area contributed by atoms with Crippen LogP contribution < -0.4 is 10.6 Å². The Balaban J connectivity index is 2.65. The summed E-state index contributed by atoms with van der Waals surface area (Å²) < 4.78 is 0. The summed E-state index contributed by atoms with van der Waals surface area (Å²) in [6.07, 6.45) is 3.03. The fourth-order valence-electron chi connectivity index (χ4n) is 0.943. The lowest BCUT2D eigenvalue weighted by Gasteiger charge is -2.18. The normalized spacial score (nSPS) is 9.80. The number of nitrogen functional groups attached to an aromatic ring is 1. The fraction of sp³-hybridized carbons (Fsp3) is 0.444. The van der Waals surface area contributed by atoms with Crippen molar-refractivity contribution in [3.05, 3.63) is 12.4 Å². The molecule has 0 bridgehead atoms. The second-order valence-electron chi connectivity index (χ2n) is 3.46. The van der Waals surface area contributed by atoms with Gasteiger partial charge >= 0.3 is 0 Å². The van der Waals surface area contributed by atoms with Gasteiger partial charge in [-0.15, -0.1) is 0 Å². The number of hydrogen-bond donors (Lipinski definition) is 1. The highest BCUT2D eigenvalue weighted by Crippen LogP contribution is 2.05. The van der Waals surface area contributed by atoms with Gasteiger partial charge in [-0.05, 0) is 0 Å². The fourth-order valence-corrected chi connectivity index (χ4v) is 0.943. The third-order valence-corrected chi connectivity index (χ3v) is 1.87. The summed E-state index contributed by atoms with van der Waals surface area (Å²) in [5, 5.41) is 0. The maximum atomic E-state index is 11.4. The van der Waals surface area contributed by atoms with Crippen molar-refractivity contribution in [2.45, 2.75) is 0 Å². The lowest BCUT2D eigenvalue weighted by molar-refractivity contribution is -0.127. The third kappa shape index (κ3) is 3.08. The van der Waals surface area contributed by atoms with Crippen molar-refractivity contribution in [3.63, 3.8) is 0 Å². The smallest absolute Gasteiger partial charge is 0.241 e. The molecule has 0 aliphatic rings. The first-order valence-corrected chi connectivity index (χ1v) is 4.49. The van der Waals surface area contributed by atoms with Gasteiger partial charge in [0.15, 0.2) is 0 Å². The average molecular weight is 209 g/mol. The van der Waals surface area contributed by atoms with E-state index in [-0.39, 0.29) is 12.5 Å². The van der Waals surface area contributed by atoms with Gasteiger partial charge in [0, 0.05) is 21.1 Å². The molecule has 0 saturated heterocycles. The molecule has 0 radical (unpaired) electrons. The molecule has 6 nitrogen and oxygen atoms in total. The topological polar surface area (TPSA) is 75.4 Å². The molecule has 2 N–H and O–H groups in total. The molecule has 15 heavy (non-hydrogen) atoms. The van der Waals surface area contributed by atoms with Gasteiger partial charge in [0.25, 0.3) is 0 Å². The van der Waals surface area contributed by atoms with Crippen LogP contribution in [0, 0.1) is 0 Å². The number of carbonyl (C=O) groups is 1. The Kier molecular flexibility index (Phi) is 3.43. The average Bonchev–Trinajstić information content (AvgIpc) is 2.18. The van der Waals surface area contributed by atoms with Crippen LogP contribution in [0.5, 0.6) is 0 Å². The number of rotatable bonds is 3. The molecule has 1 aromatic rings. The number of carbonyl (C=O) groups excluding carboxylic acids is 1. The van der Waals surface area contributed by atoms with Crippen LogP contribution in [0.1, 0.15) is 0 Å². The predicted octanol–water partition coefficient (Wildman–Crippen LogP) is -0.417. The molecular weight excluding hydrogens is 194 g/mol. The van der Waals surface area contributed by atoms with E-state index in [0.29, 0.717) is 11.6 Å². The van der Waals surface area contributed by atoms with E-state index < -0.39 is 0 Å². The van der Waals surface area contributed by atoms with E-state index in [4.69, 9.17) is 5.73 Å². The highest BCUT2D eigenvalue weighted by molar-refractivity contribution is 5.80. The van der Waals surface area contributed by atoms with E-state index in [9.17, 15) is 4.79 Å². The molecular formula is C9H15N5O. The molecule has 0 aliphatic carbocycles. The van der Waals surface area contributed by atoms with Crippen molar-refractivity contribution >= 4 is 17.5 Å². The van der Waals surface area contributed by atoms with Crippen LogP contribution in [0.2, 0.25) is 0 Å². The summed E-state index contributed by atoms with van der Waals surface area (Å²) in [4.78, 5) is 22.6. The van der Waals surface area contributed by atoms with Gasteiger partial charge < -0.3 is 15.5 Å². The molecule has 0 atom stereocenters. The molecule has 0 spiro atoms. The Morgan fingerprint density at radius 3 is 2.33 bits per heavy atom. The Labute approximate surface area is 88.7 Å². The van der Waals surface area contributed by atoms with Gasteiger partial charge in [-0.3, -0.25) is 4.79 Å². The molecule has 6 heteroatoms. The van der Waals surface area contributed by atoms with Gasteiger partial charge in [0.1, 0.15) is 0 Å². The number of anilines is 2. The van der Waals surface area contributed by atoms with E-state index in [0.717, 1.165) is 0 Å². The molecule has 1 amide bonds. The summed E-state index contributed by atoms with van der Waals surface area (Å²) in [5.74, 6) is 0.484. The lowest BCUT2D eigenvalue weighted by Crippen LogP contribution is -2.35. The highest BCUT2D eigenvalue weighted by atomic mass is 16.2. The van der Waals surface area contributed by atoms with Crippen LogP contribution in [-0.4, -0.2) is 48.5 Å². The zero-order valence-corrected chi connectivity index (χ0v) is 9.14.